The van der Waals surface area contributed by atoms with Crippen molar-refractivity contribution in [2.75, 3.05) is 40.0 Å². The van der Waals surface area contributed by atoms with Gasteiger partial charge in [0.2, 0.25) is 0 Å². The molecule has 28 heavy (non-hydrogen) atoms. The number of halogens is 1. The molecule has 1 fully saturated rings. The number of aliphatic imine (C=N–C) groups is 1. The molecule has 9 heteroatoms. The van der Waals surface area contributed by atoms with Gasteiger partial charge in [0.05, 0.1) is 6.10 Å². The van der Waals surface area contributed by atoms with E-state index in [0.29, 0.717) is 12.6 Å². The molecular formula is C19H31IN6O2. The minimum absolute atomic E-state index is 0. The Balaban J connectivity index is 0.00000280. The van der Waals surface area contributed by atoms with E-state index in [1.165, 1.54) is 0 Å². The van der Waals surface area contributed by atoms with E-state index in [1.54, 1.807) is 7.11 Å². The van der Waals surface area contributed by atoms with Gasteiger partial charge in [-0.15, -0.1) is 34.2 Å². The Hall–Kier alpha value is -1.46. The maximum absolute atomic E-state index is 5.95. The number of pyridine rings is 1. The quantitative estimate of drug-likeness (QED) is 0.259. The Labute approximate surface area is 183 Å². The van der Waals surface area contributed by atoms with Crippen molar-refractivity contribution in [3.8, 4) is 0 Å². The van der Waals surface area contributed by atoms with Crippen molar-refractivity contribution in [2.45, 2.75) is 38.8 Å². The molecule has 0 radical (unpaired) electrons. The van der Waals surface area contributed by atoms with Crippen LogP contribution < -0.4 is 5.32 Å². The summed E-state index contributed by atoms with van der Waals surface area (Å²) in [6.45, 7) is 6.85. The van der Waals surface area contributed by atoms with Gasteiger partial charge >= 0.3 is 0 Å². The molecule has 0 unspecified atom stereocenters. The number of methoxy groups -OCH3 is 1. The summed E-state index contributed by atoms with van der Waals surface area (Å²) in [6, 6.07) is 5.89. The third-order valence-corrected chi connectivity index (χ3v) is 4.68. The average Bonchev–Trinajstić information content (AvgIpc) is 3.12. The highest BCUT2D eigenvalue weighted by molar-refractivity contribution is 14.0. The molecule has 0 spiro atoms. The average molecular weight is 502 g/mol. The fourth-order valence-corrected chi connectivity index (χ4v) is 3.26. The summed E-state index contributed by atoms with van der Waals surface area (Å²) in [5.74, 6) is 1.78. The molecule has 1 N–H and O–H groups in total. The van der Waals surface area contributed by atoms with Crippen LogP contribution in [0.15, 0.2) is 29.4 Å². The van der Waals surface area contributed by atoms with Crippen LogP contribution >= 0.6 is 24.0 Å². The van der Waals surface area contributed by atoms with Crippen molar-refractivity contribution in [1.29, 1.82) is 0 Å². The second kappa shape index (κ2) is 12.2. The third-order valence-electron chi connectivity index (χ3n) is 4.68. The van der Waals surface area contributed by atoms with Crippen molar-refractivity contribution in [2.24, 2.45) is 4.99 Å². The molecule has 1 aliphatic heterocycles. The van der Waals surface area contributed by atoms with Gasteiger partial charge < -0.3 is 19.7 Å². The van der Waals surface area contributed by atoms with E-state index in [-0.39, 0.29) is 24.0 Å². The maximum Gasteiger partial charge on any atom is 0.194 e. The summed E-state index contributed by atoms with van der Waals surface area (Å²) in [7, 11) is 1.72. The van der Waals surface area contributed by atoms with E-state index in [9.17, 15) is 0 Å². The molecular weight excluding hydrogens is 471 g/mol. The van der Waals surface area contributed by atoms with Crippen LogP contribution in [0.5, 0.6) is 0 Å². The summed E-state index contributed by atoms with van der Waals surface area (Å²) in [4.78, 5) is 7.10. The van der Waals surface area contributed by atoms with Crippen LogP contribution in [0, 0.1) is 0 Å². The van der Waals surface area contributed by atoms with Crippen LogP contribution in [-0.4, -0.2) is 71.5 Å². The van der Waals surface area contributed by atoms with Crippen LogP contribution in [0.25, 0.3) is 5.65 Å². The fourth-order valence-electron chi connectivity index (χ4n) is 3.26. The van der Waals surface area contributed by atoms with Crippen molar-refractivity contribution in [3.63, 3.8) is 0 Å². The molecule has 0 saturated carbocycles. The first-order chi connectivity index (χ1) is 13.3. The number of ether oxygens (including phenoxy) is 2. The normalized spacial score (nSPS) is 15.6. The van der Waals surface area contributed by atoms with Crippen molar-refractivity contribution < 1.29 is 9.47 Å². The predicted octanol–water partition coefficient (Wildman–Crippen LogP) is 2.33. The standard InChI is InChI=1S/C19H30N6O2.HI/c1-3-20-19(21-15-18-23-22-17-7-4-5-10-25(17)18)24-11-8-16(9-12-24)27-14-6-13-26-2;/h4-5,7,10,16H,3,6,8-9,11-15H2,1-2H3,(H,20,21);1H. The molecule has 3 rings (SSSR count). The maximum atomic E-state index is 5.95. The number of guanidine groups is 1. The summed E-state index contributed by atoms with van der Waals surface area (Å²) < 4.78 is 13.0. The molecule has 2 aromatic rings. The number of likely N-dealkylation sites (tertiary alicyclic amines) is 1. The smallest absolute Gasteiger partial charge is 0.194 e. The first-order valence-corrected chi connectivity index (χ1v) is 9.74. The summed E-state index contributed by atoms with van der Waals surface area (Å²) in [5.41, 5.74) is 0.846. The molecule has 1 aliphatic rings. The lowest BCUT2D eigenvalue weighted by Crippen LogP contribution is -2.47. The number of hydrogen-bond acceptors (Lipinski definition) is 5. The summed E-state index contributed by atoms with van der Waals surface area (Å²) in [6.07, 6.45) is 5.30. The van der Waals surface area contributed by atoms with Crippen LogP contribution in [0.4, 0.5) is 0 Å². The number of nitrogens with zero attached hydrogens (tertiary/aromatic N) is 5. The van der Waals surface area contributed by atoms with Gasteiger partial charge in [-0.05, 0) is 38.3 Å². The zero-order valence-electron chi connectivity index (χ0n) is 16.7. The summed E-state index contributed by atoms with van der Waals surface area (Å²) >= 11 is 0. The second-order valence-corrected chi connectivity index (χ2v) is 6.62. The highest BCUT2D eigenvalue weighted by atomic mass is 127. The van der Waals surface area contributed by atoms with E-state index in [2.05, 4.69) is 27.3 Å². The number of fused-ring (bicyclic) bond motifs is 1. The Morgan fingerprint density at radius 3 is 2.82 bits per heavy atom. The zero-order valence-corrected chi connectivity index (χ0v) is 19.0. The van der Waals surface area contributed by atoms with E-state index in [1.807, 2.05) is 28.8 Å². The Morgan fingerprint density at radius 2 is 2.07 bits per heavy atom. The molecule has 0 bridgehead atoms. The molecule has 0 atom stereocenters. The van der Waals surface area contributed by atoms with Gasteiger partial charge in [-0.25, -0.2) is 4.99 Å². The molecule has 1 saturated heterocycles. The first kappa shape index (κ1) is 22.8. The molecule has 8 nitrogen and oxygen atoms in total. The van der Waals surface area contributed by atoms with Crippen LogP contribution in [0.2, 0.25) is 0 Å². The largest absolute Gasteiger partial charge is 0.385 e. The van der Waals surface area contributed by atoms with Crippen molar-refractivity contribution >= 4 is 35.6 Å². The Bertz CT molecular complexity index is 730. The first-order valence-electron chi connectivity index (χ1n) is 9.74. The highest BCUT2D eigenvalue weighted by Gasteiger charge is 2.22. The van der Waals surface area contributed by atoms with Crippen LogP contribution in [-0.2, 0) is 16.0 Å². The van der Waals surface area contributed by atoms with Crippen LogP contribution in [0.1, 0.15) is 32.0 Å². The SMILES string of the molecule is CCNC(=NCc1nnc2ccccn12)N1CCC(OCCCOC)CC1.I. The minimum atomic E-state index is 0. The summed E-state index contributed by atoms with van der Waals surface area (Å²) in [5, 5.41) is 11.9. The predicted molar refractivity (Wildman–Crippen MR) is 120 cm³/mol. The number of rotatable bonds is 8. The van der Waals surface area contributed by atoms with Crippen molar-refractivity contribution in [1.82, 2.24) is 24.8 Å². The molecule has 3 heterocycles. The topological polar surface area (TPSA) is 76.3 Å². The minimum Gasteiger partial charge on any atom is -0.385 e. The van der Waals surface area contributed by atoms with E-state index < -0.39 is 0 Å². The highest BCUT2D eigenvalue weighted by Crippen LogP contribution is 2.14. The lowest BCUT2D eigenvalue weighted by Gasteiger charge is -2.34. The molecule has 0 amide bonds. The van der Waals surface area contributed by atoms with Crippen LogP contribution in [0.3, 0.4) is 0 Å². The lowest BCUT2D eigenvalue weighted by molar-refractivity contribution is 0.00990. The third kappa shape index (κ3) is 6.28. The van der Waals surface area contributed by atoms with E-state index >= 15 is 0 Å². The monoisotopic (exact) mass is 502 g/mol. The zero-order chi connectivity index (χ0) is 18.9. The van der Waals surface area contributed by atoms with Gasteiger partial charge in [0.15, 0.2) is 17.4 Å². The molecule has 2 aromatic heterocycles. The van der Waals surface area contributed by atoms with E-state index in [4.69, 9.17) is 14.5 Å². The van der Waals surface area contributed by atoms with Gasteiger partial charge in [-0.2, -0.15) is 0 Å². The number of nitrogens with one attached hydrogen (secondary N) is 1. The number of aromatic nitrogens is 3. The Kier molecular flexibility index (Phi) is 9.93. The van der Waals surface area contributed by atoms with Gasteiger partial charge in [-0.1, -0.05) is 6.07 Å². The lowest BCUT2D eigenvalue weighted by atomic mass is 10.1. The molecule has 0 aromatic carbocycles. The van der Waals surface area contributed by atoms with Crippen molar-refractivity contribution in [3.05, 3.63) is 30.2 Å². The fraction of sp³-hybridized carbons (Fsp3) is 0.632. The van der Waals surface area contributed by atoms with Gasteiger partial charge in [0, 0.05) is 46.2 Å². The molecule has 0 aliphatic carbocycles. The van der Waals surface area contributed by atoms with Gasteiger partial charge in [0.25, 0.3) is 0 Å². The van der Waals surface area contributed by atoms with Gasteiger partial charge in [-0.3, -0.25) is 4.40 Å². The Morgan fingerprint density at radius 1 is 1.25 bits per heavy atom. The second-order valence-electron chi connectivity index (χ2n) is 6.62. The van der Waals surface area contributed by atoms with Gasteiger partial charge in [0.1, 0.15) is 6.54 Å². The number of piperidine rings is 1. The number of hydrogen-bond donors (Lipinski definition) is 1. The van der Waals surface area contributed by atoms with E-state index in [0.717, 1.165) is 69.5 Å². The molecule has 156 valence electrons.